The third-order valence-corrected chi connectivity index (χ3v) is 3.15. The quantitative estimate of drug-likeness (QED) is 0.501. The van der Waals surface area contributed by atoms with Crippen molar-refractivity contribution in [1.29, 1.82) is 0 Å². The second kappa shape index (κ2) is 2.29. The molecular formula is C6H9BrO2. The molecule has 0 bridgehead atoms. The minimum Gasteiger partial charge on any atom is -0.463 e. The zero-order valence-electron chi connectivity index (χ0n) is 5.26. The van der Waals surface area contributed by atoms with Crippen LogP contribution in [-0.2, 0) is 9.53 Å². The standard InChI is InChI=1S/C6H9BrO2/c1-5(9-4-8)6(7)2-3-6/h4-5H,2-3H2,1H3. The van der Waals surface area contributed by atoms with Crippen LogP contribution in [0.4, 0.5) is 0 Å². The second-order valence-corrected chi connectivity index (χ2v) is 3.99. The van der Waals surface area contributed by atoms with Gasteiger partial charge in [0.25, 0.3) is 6.47 Å². The summed E-state index contributed by atoms with van der Waals surface area (Å²) in [4.78, 5) is 9.85. The molecule has 0 saturated heterocycles. The zero-order valence-corrected chi connectivity index (χ0v) is 6.85. The van der Waals surface area contributed by atoms with Gasteiger partial charge in [0.15, 0.2) is 0 Å². The molecule has 1 unspecified atom stereocenters. The number of hydrogen-bond donors (Lipinski definition) is 0. The van der Waals surface area contributed by atoms with Crippen molar-refractivity contribution in [2.75, 3.05) is 0 Å². The third kappa shape index (κ3) is 1.45. The van der Waals surface area contributed by atoms with Crippen molar-refractivity contribution in [3.63, 3.8) is 0 Å². The monoisotopic (exact) mass is 192 g/mol. The van der Waals surface area contributed by atoms with E-state index in [-0.39, 0.29) is 10.4 Å². The van der Waals surface area contributed by atoms with E-state index in [4.69, 9.17) is 4.74 Å². The fourth-order valence-corrected chi connectivity index (χ4v) is 1.04. The highest BCUT2D eigenvalue weighted by Gasteiger charge is 2.46. The second-order valence-electron chi connectivity index (χ2n) is 2.41. The summed E-state index contributed by atoms with van der Waals surface area (Å²) >= 11 is 3.47. The van der Waals surface area contributed by atoms with Crippen LogP contribution in [0, 0.1) is 0 Å². The van der Waals surface area contributed by atoms with Crippen LogP contribution < -0.4 is 0 Å². The van der Waals surface area contributed by atoms with Crippen LogP contribution in [0.5, 0.6) is 0 Å². The highest BCUT2D eigenvalue weighted by atomic mass is 79.9. The number of rotatable bonds is 3. The molecule has 1 atom stereocenters. The van der Waals surface area contributed by atoms with E-state index in [1.165, 1.54) is 0 Å². The molecule has 2 nitrogen and oxygen atoms in total. The molecule has 0 aromatic carbocycles. The summed E-state index contributed by atoms with van der Waals surface area (Å²) in [5.41, 5.74) is 0. The molecule has 1 aliphatic carbocycles. The van der Waals surface area contributed by atoms with Crippen molar-refractivity contribution in [3.05, 3.63) is 0 Å². The van der Waals surface area contributed by atoms with Crippen LogP contribution in [0.25, 0.3) is 0 Å². The first-order valence-electron chi connectivity index (χ1n) is 2.97. The Bertz CT molecular complexity index is 120. The molecule has 1 saturated carbocycles. The summed E-state index contributed by atoms with van der Waals surface area (Å²) in [6.07, 6.45) is 2.25. The Balaban J connectivity index is 2.32. The first kappa shape index (κ1) is 7.06. The predicted molar refractivity (Wildman–Crippen MR) is 37.5 cm³/mol. The van der Waals surface area contributed by atoms with Crippen LogP contribution in [0.1, 0.15) is 19.8 Å². The summed E-state index contributed by atoms with van der Waals surface area (Å²) in [7, 11) is 0. The van der Waals surface area contributed by atoms with Gasteiger partial charge in [0.1, 0.15) is 6.10 Å². The highest BCUT2D eigenvalue weighted by molar-refractivity contribution is 9.10. The Hall–Kier alpha value is -0.0500. The summed E-state index contributed by atoms with van der Waals surface area (Å²) in [5.74, 6) is 0. The molecule has 0 aromatic heterocycles. The maximum Gasteiger partial charge on any atom is 0.293 e. The Kier molecular flexibility index (Phi) is 1.80. The average molecular weight is 193 g/mol. The molecule has 0 radical (unpaired) electrons. The van der Waals surface area contributed by atoms with E-state index in [1.54, 1.807) is 0 Å². The summed E-state index contributed by atoms with van der Waals surface area (Å²) in [6.45, 7) is 2.40. The maximum atomic E-state index is 9.85. The van der Waals surface area contributed by atoms with E-state index >= 15 is 0 Å². The highest BCUT2D eigenvalue weighted by Crippen LogP contribution is 2.48. The molecule has 0 amide bonds. The normalized spacial score (nSPS) is 24.7. The first-order valence-corrected chi connectivity index (χ1v) is 3.76. The van der Waals surface area contributed by atoms with Gasteiger partial charge in [0.05, 0.1) is 4.32 Å². The topological polar surface area (TPSA) is 26.3 Å². The Morgan fingerprint density at radius 1 is 1.78 bits per heavy atom. The van der Waals surface area contributed by atoms with Crippen molar-refractivity contribution in [3.8, 4) is 0 Å². The molecule has 0 aliphatic heterocycles. The Morgan fingerprint density at radius 2 is 2.33 bits per heavy atom. The minimum absolute atomic E-state index is 0.0231. The smallest absolute Gasteiger partial charge is 0.293 e. The molecule has 9 heavy (non-hydrogen) atoms. The molecule has 0 heterocycles. The van der Waals surface area contributed by atoms with Crippen molar-refractivity contribution in [2.45, 2.75) is 30.2 Å². The third-order valence-electron chi connectivity index (χ3n) is 1.72. The molecule has 1 aliphatic rings. The molecule has 1 rings (SSSR count). The van der Waals surface area contributed by atoms with Crippen molar-refractivity contribution >= 4 is 22.4 Å². The van der Waals surface area contributed by atoms with E-state index < -0.39 is 0 Å². The van der Waals surface area contributed by atoms with Gasteiger partial charge in [0, 0.05) is 0 Å². The molecule has 3 heteroatoms. The van der Waals surface area contributed by atoms with E-state index in [0.29, 0.717) is 6.47 Å². The lowest BCUT2D eigenvalue weighted by Crippen LogP contribution is -2.21. The number of hydrogen-bond acceptors (Lipinski definition) is 2. The van der Waals surface area contributed by atoms with Crippen LogP contribution in [-0.4, -0.2) is 16.9 Å². The van der Waals surface area contributed by atoms with Crippen molar-refractivity contribution < 1.29 is 9.53 Å². The predicted octanol–water partition coefficient (Wildman–Crippen LogP) is 1.48. The van der Waals surface area contributed by atoms with E-state index in [2.05, 4.69) is 15.9 Å². The van der Waals surface area contributed by atoms with Gasteiger partial charge >= 0.3 is 0 Å². The molecule has 1 fully saturated rings. The largest absolute Gasteiger partial charge is 0.463 e. The molecule has 0 aromatic rings. The fourth-order valence-electron chi connectivity index (χ4n) is 0.731. The minimum atomic E-state index is 0.0231. The first-order chi connectivity index (χ1) is 4.19. The summed E-state index contributed by atoms with van der Waals surface area (Å²) in [5, 5.41) is 0. The van der Waals surface area contributed by atoms with Crippen molar-refractivity contribution in [2.24, 2.45) is 0 Å². The van der Waals surface area contributed by atoms with Crippen LogP contribution >= 0.6 is 15.9 Å². The number of carbonyl (C=O) groups excluding carboxylic acids is 1. The van der Waals surface area contributed by atoms with Crippen molar-refractivity contribution in [1.82, 2.24) is 0 Å². The lowest BCUT2D eigenvalue weighted by molar-refractivity contribution is -0.133. The molecule has 52 valence electrons. The zero-order chi connectivity index (χ0) is 6.91. The van der Waals surface area contributed by atoms with Crippen LogP contribution in [0.3, 0.4) is 0 Å². The molecule has 0 spiro atoms. The number of carbonyl (C=O) groups is 1. The lowest BCUT2D eigenvalue weighted by atomic mass is 10.3. The Morgan fingerprint density at radius 3 is 2.67 bits per heavy atom. The summed E-state index contributed by atoms with van der Waals surface area (Å²) in [6, 6.07) is 0. The number of alkyl halides is 1. The van der Waals surface area contributed by atoms with Gasteiger partial charge in [-0.15, -0.1) is 0 Å². The number of halogens is 1. The Labute approximate surface area is 62.7 Å². The lowest BCUT2D eigenvalue weighted by Gasteiger charge is -2.13. The summed E-state index contributed by atoms with van der Waals surface area (Å²) < 4.78 is 4.86. The van der Waals surface area contributed by atoms with Crippen LogP contribution in [0.15, 0.2) is 0 Å². The molecular weight excluding hydrogens is 184 g/mol. The van der Waals surface area contributed by atoms with Gasteiger partial charge in [0.2, 0.25) is 0 Å². The van der Waals surface area contributed by atoms with Gasteiger partial charge in [-0.25, -0.2) is 0 Å². The average Bonchev–Trinajstić information content (AvgIpc) is 2.50. The number of ether oxygens (including phenoxy) is 1. The van der Waals surface area contributed by atoms with Gasteiger partial charge in [-0.3, -0.25) is 4.79 Å². The van der Waals surface area contributed by atoms with E-state index in [9.17, 15) is 4.79 Å². The maximum absolute atomic E-state index is 9.85. The van der Waals surface area contributed by atoms with E-state index in [1.807, 2.05) is 6.92 Å². The van der Waals surface area contributed by atoms with Gasteiger partial charge in [-0.2, -0.15) is 0 Å². The SMILES string of the molecule is CC(OC=O)C1(Br)CC1. The van der Waals surface area contributed by atoms with Gasteiger partial charge in [-0.05, 0) is 19.8 Å². The fraction of sp³-hybridized carbons (Fsp3) is 0.833. The van der Waals surface area contributed by atoms with Gasteiger partial charge in [-0.1, -0.05) is 15.9 Å². The van der Waals surface area contributed by atoms with Crippen LogP contribution in [0.2, 0.25) is 0 Å². The molecule has 0 N–H and O–H groups in total. The van der Waals surface area contributed by atoms with Gasteiger partial charge < -0.3 is 4.74 Å². The van der Waals surface area contributed by atoms with E-state index in [0.717, 1.165) is 12.8 Å².